The molecule has 2 unspecified atom stereocenters. The summed E-state index contributed by atoms with van der Waals surface area (Å²) in [5.41, 5.74) is 0. The molecule has 0 rings (SSSR count). The van der Waals surface area contributed by atoms with Gasteiger partial charge in [-0.1, -0.05) is 366 Å². The van der Waals surface area contributed by atoms with Crippen molar-refractivity contribution in [3.8, 4) is 0 Å². The van der Waals surface area contributed by atoms with E-state index in [2.05, 4.69) is 43.5 Å². The third-order valence-corrected chi connectivity index (χ3v) is 17.3. The molecule has 0 saturated carbocycles. The van der Waals surface area contributed by atoms with Crippen LogP contribution in [0.25, 0.3) is 0 Å². The first-order valence-electron chi connectivity index (χ1n) is 36.6. The van der Waals surface area contributed by atoms with Gasteiger partial charge in [-0.15, -0.1) is 0 Å². The Balaban J connectivity index is 3.33. The SMILES string of the molecule is CCCCCCCCCCCCCCCCCCCCC(=O)OCCCCCCCCCCCCC/C=C\C/C=C\CCCCCCCCCCCCCCCCCCCC(=O)NC(CO)C(O)CCCCCCCCCCCC. The first-order chi connectivity index (χ1) is 39.5. The minimum Gasteiger partial charge on any atom is -0.466 e. The van der Waals surface area contributed by atoms with Crippen molar-refractivity contribution in [2.45, 2.75) is 424 Å². The minimum atomic E-state index is -0.660. The van der Waals surface area contributed by atoms with E-state index >= 15 is 0 Å². The van der Waals surface area contributed by atoms with E-state index in [1.54, 1.807) is 0 Å². The molecular formula is C74H143NO5. The Hall–Kier alpha value is -1.66. The van der Waals surface area contributed by atoms with Crippen molar-refractivity contribution in [3.63, 3.8) is 0 Å². The van der Waals surface area contributed by atoms with Gasteiger partial charge in [0, 0.05) is 12.8 Å². The first-order valence-corrected chi connectivity index (χ1v) is 36.6. The van der Waals surface area contributed by atoms with Gasteiger partial charge in [-0.25, -0.2) is 0 Å². The molecule has 474 valence electrons. The molecule has 2 atom stereocenters. The highest BCUT2D eigenvalue weighted by atomic mass is 16.5. The van der Waals surface area contributed by atoms with E-state index in [9.17, 15) is 19.8 Å². The molecule has 0 bridgehead atoms. The molecule has 0 heterocycles. The molecule has 0 aromatic rings. The zero-order valence-electron chi connectivity index (χ0n) is 54.3. The maximum atomic E-state index is 12.4. The number of hydrogen-bond acceptors (Lipinski definition) is 5. The van der Waals surface area contributed by atoms with E-state index in [0.29, 0.717) is 25.9 Å². The topological polar surface area (TPSA) is 95.9 Å². The molecule has 6 heteroatoms. The molecule has 1 amide bonds. The van der Waals surface area contributed by atoms with Gasteiger partial charge in [-0.05, 0) is 57.8 Å². The van der Waals surface area contributed by atoms with Crippen molar-refractivity contribution in [1.29, 1.82) is 0 Å². The van der Waals surface area contributed by atoms with Crippen molar-refractivity contribution in [2.75, 3.05) is 13.2 Å². The Morgan fingerprint density at radius 3 is 0.950 bits per heavy atom. The summed E-state index contributed by atoms with van der Waals surface area (Å²) < 4.78 is 5.51. The predicted octanol–water partition coefficient (Wildman–Crippen LogP) is 23.7. The molecule has 0 aliphatic heterocycles. The van der Waals surface area contributed by atoms with E-state index in [4.69, 9.17) is 4.74 Å². The highest BCUT2D eigenvalue weighted by Gasteiger charge is 2.20. The molecule has 80 heavy (non-hydrogen) atoms. The highest BCUT2D eigenvalue weighted by Crippen LogP contribution is 2.19. The number of unbranched alkanes of at least 4 members (excludes halogenated alkanes) is 54. The van der Waals surface area contributed by atoms with E-state index < -0.39 is 12.1 Å². The van der Waals surface area contributed by atoms with E-state index in [-0.39, 0.29) is 18.5 Å². The lowest BCUT2D eigenvalue weighted by atomic mass is 10.0. The molecule has 3 N–H and O–H groups in total. The van der Waals surface area contributed by atoms with Crippen LogP contribution in [-0.2, 0) is 14.3 Å². The maximum absolute atomic E-state index is 12.4. The summed E-state index contributed by atoms with van der Waals surface area (Å²) >= 11 is 0. The van der Waals surface area contributed by atoms with Gasteiger partial charge in [-0.3, -0.25) is 9.59 Å². The van der Waals surface area contributed by atoms with E-state index in [1.807, 2.05) is 0 Å². The number of aliphatic hydroxyl groups excluding tert-OH is 2. The van der Waals surface area contributed by atoms with Gasteiger partial charge < -0.3 is 20.3 Å². The van der Waals surface area contributed by atoms with Crippen molar-refractivity contribution < 1.29 is 24.5 Å². The number of allylic oxidation sites excluding steroid dienone is 4. The minimum absolute atomic E-state index is 0.0219. The lowest BCUT2D eigenvalue weighted by Crippen LogP contribution is -2.45. The summed E-state index contributed by atoms with van der Waals surface area (Å²) in [6.45, 7) is 4.98. The molecule has 6 nitrogen and oxygen atoms in total. The van der Waals surface area contributed by atoms with Gasteiger partial charge in [-0.2, -0.15) is 0 Å². The van der Waals surface area contributed by atoms with Crippen molar-refractivity contribution in [3.05, 3.63) is 24.3 Å². The highest BCUT2D eigenvalue weighted by molar-refractivity contribution is 5.76. The number of rotatable bonds is 69. The summed E-state index contributed by atoms with van der Waals surface area (Å²) in [6.07, 6.45) is 88.3. The van der Waals surface area contributed by atoms with Crippen LogP contribution >= 0.6 is 0 Å². The fourth-order valence-electron chi connectivity index (χ4n) is 11.7. The fraction of sp³-hybridized carbons (Fsp3) is 0.919. The van der Waals surface area contributed by atoms with Gasteiger partial charge in [0.05, 0.1) is 25.4 Å². The Kier molecular flexibility index (Phi) is 68.4. The number of ether oxygens (including phenoxy) is 1. The van der Waals surface area contributed by atoms with Crippen LogP contribution in [0.15, 0.2) is 24.3 Å². The third-order valence-electron chi connectivity index (χ3n) is 17.3. The van der Waals surface area contributed by atoms with Crippen LogP contribution in [0.2, 0.25) is 0 Å². The molecule has 0 aromatic carbocycles. The summed E-state index contributed by atoms with van der Waals surface area (Å²) in [5, 5.41) is 23.2. The third kappa shape index (κ3) is 65.5. The summed E-state index contributed by atoms with van der Waals surface area (Å²) in [7, 11) is 0. The zero-order valence-corrected chi connectivity index (χ0v) is 54.3. The van der Waals surface area contributed by atoms with Crippen LogP contribution in [0.5, 0.6) is 0 Å². The van der Waals surface area contributed by atoms with Crippen LogP contribution in [-0.4, -0.2) is 47.4 Å². The second-order valence-electron chi connectivity index (χ2n) is 25.3. The van der Waals surface area contributed by atoms with Gasteiger partial charge in [0.15, 0.2) is 0 Å². The molecule has 0 saturated heterocycles. The molecule has 0 radical (unpaired) electrons. The Morgan fingerprint density at radius 2 is 0.625 bits per heavy atom. The van der Waals surface area contributed by atoms with Gasteiger partial charge in [0.2, 0.25) is 5.91 Å². The van der Waals surface area contributed by atoms with Crippen molar-refractivity contribution in [1.82, 2.24) is 5.32 Å². The number of carbonyl (C=O) groups is 2. The molecular weight excluding hydrogens is 983 g/mol. The summed E-state index contributed by atoms with van der Waals surface area (Å²) in [6, 6.07) is -0.537. The Morgan fingerprint density at radius 1 is 0.350 bits per heavy atom. The number of carbonyl (C=O) groups excluding carboxylic acids is 2. The molecule has 0 spiro atoms. The lowest BCUT2D eigenvalue weighted by Gasteiger charge is -2.22. The predicted molar refractivity (Wildman–Crippen MR) is 352 cm³/mol. The Bertz CT molecular complexity index is 1250. The van der Waals surface area contributed by atoms with E-state index in [0.717, 1.165) is 44.9 Å². The van der Waals surface area contributed by atoms with Crippen LogP contribution in [0.4, 0.5) is 0 Å². The van der Waals surface area contributed by atoms with Crippen molar-refractivity contribution >= 4 is 11.9 Å². The number of nitrogens with one attached hydrogen (secondary N) is 1. The second kappa shape index (κ2) is 69.8. The summed E-state index contributed by atoms with van der Waals surface area (Å²) in [5.74, 6) is -0.0105. The molecule has 0 aliphatic rings. The Labute approximate surface area is 501 Å². The average Bonchev–Trinajstić information content (AvgIpc) is 3.46. The summed E-state index contributed by atoms with van der Waals surface area (Å²) in [4.78, 5) is 24.6. The van der Waals surface area contributed by atoms with Crippen molar-refractivity contribution in [2.24, 2.45) is 0 Å². The van der Waals surface area contributed by atoms with Gasteiger partial charge >= 0.3 is 5.97 Å². The van der Waals surface area contributed by atoms with Crippen LogP contribution < -0.4 is 5.32 Å². The smallest absolute Gasteiger partial charge is 0.305 e. The molecule has 0 aliphatic carbocycles. The van der Waals surface area contributed by atoms with Gasteiger partial charge in [0.25, 0.3) is 0 Å². The second-order valence-corrected chi connectivity index (χ2v) is 25.3. The number of hydrogen-bond donors (Lipinski definition) is 3. The monoisotopic (exact) mass is 1130 g/mol. The maximum Gasteiger partial charge on any atom is 0.305 e. The fourth-order valence-corrected chi connectivity index (χ4v) is 11.7. The zero-order chi connectivity index (χ0) is 57.8. The first kappa shape index (κ1) is 78.3. The standard InChI is InChI=1S/C74H143NO5/c1-3-5-7-9-11-13-15-16-17-18-39-42-45-48-52-56-60-64-68-74(79)80-69-65-61-57-53-49-46-43-40-37-35-33-31-29-27-25-23-21-19-20-22-24-26-28-30-32-34-36-38-41-44-47-51-55-59-63-67-73(78)75-71(70-76)72(77)66-62-58-54-50-14-12-10-8-6-4-2/h21,23,27,29,71-72,76-77H,3-20,22,24-26,28,30-70H2,1-2H3,(H,75,78)/b23-21-,29-27-. The number of aliphatic hydroxyl groups is 2. The van der Waals surface area contributed by atoms with Crippen LogP contribution in [0.1, 0.15) is 412 Å². The average molecular weight is 1130 g/mol. The largest absolute Gasteiger partial charge is 0.466 e. The number of amides is 1. The van der Waals surface area contributed by atoms with Crippen LogP contribution in [0, 0.1) is 0 Å². The van der Waals surface area contributed by atoms with E-state index in [1.165, 1.54) is 334 Å². The van der Waals surface area contributed by atoms with Crippen LogP contribution in [0.3, 0.4) is 0 Å². The quantitative estimate of drug-likeness (QED) is 0.0320. The lowest BCUT2D eigenvalue weighted by molar-refractivity contribution is -0.143. The van der Waals surface area contributed by atoms with Gasteiger partial charge in [0.1, 0.15) is 0 Å². The molecule has 0 aromatic heterocycles. The number of esters is 1. The molecule has 0 fully saturated rings. The normalized spacial score (nSPS) is 12.6.